The zero-order valence-electron chi connectivity index (χ0n) is 21.8. The van der Waals surface area contributed by atoms with Gasteiger partial charge in [0.15, 0.2) is 11.5 Å². The minimum atomic E-state index is -4.07. The maximum absolute atomic E-state index is 13.9. The van der Waals surface area contributed by atoms with E-state index in [1.54, 1.807) is 53.7 Å². The van der Waals surface area contributed by atoms with Gasteiger partial charge in [-0.2, -0.15) is 9.97 Å². The van der Waals surface area contributed by atoms with Crippen molar-refractivity contribution < 1.29 is 22.4 Å². The molecule has 37 heavy (non-hydrogen) atoms. The Morgan fingerprint density at radius 3 is 2.32 bits per heavy atom. The Labute approximate surface area is 221 Å². The molecular weight excluding hydrogens is 516 g/mol. The summed E-state index contributed by atoms with van der Waals surface area (Å²) in [7, 11) is -4.07. The molecule has 1 amide bonds. The van der Waals surface area contributed by atoms with E-state index in [9.17, 15) is 13.2 Å². The lowest BCUT2D eigenvalue weighted by Crippen LogP contribution is -2.37. The first kappa shape index (κ1) is 26.7. The highest BCUT2D eigenvalue weighted by atomic mass is 35.5. The van der Waals surface area contributed by atoms with Crippen molar-refractivity contribution in [3.05, 3.63) is 70.0 Å². The van der Waals surface area contributed by atoms with E-state index in [0.29, 0.717) is 27.8 Å². The van der Waals surface area contributed by atoms with Crippen molar-refractivity contribution in [2.75, 3.05) is 4.90 Å². The molecule has 0 atom stereocenters. The van der Waals surface area contributed by atoms with Crippen LogP contribution in [0.2, 0.25) is 5.28 Å². The molecule has 0 N–H and O–H groups in total. The number of furan rings is 1. The van der Waals surface area contributed by atoms with Crippen molar-refractivity contribution in [3.8, 4) is 0 Å². The van der Waals surface area contributed by atoms with Crippen LogP contribution >= 0.6 is 11.6 Å². The van der Waals surface area contributed by atoms with Gasteiger partial charge in [-0.1, -0.05) is 17.7 Å². The van der Waals surface area contributed by atoms with E-state index in [2.05, 4.69) is 9.97 Å². The van der Waals surface area contributed by atoms with Gasteiger partial charge < -0.3 is 9.15 Å². The lowest BCUT2D eigenvalue weighted by atomic mass is 10.1. The second-order valence-electron chi connectivity index (χ2n) is 10.0. The summed E-state index contributed by atoms with van der Waals surface area (Å²) in [4.78, 5) is 23.4. The molecule has 0 aliphatic rings. The number of carbonyl (C=O) groups is 1. The van der Waals surface area contributed by atoms with Crippen LogP contribution in [0.15, 0.2) is 46.0 Å². The molecule has 3 heterocycles. The van der Waals surface area contributed by atoms with E-state index < -0.39 is 21.7 Å². The summed E-state index contributed by atoms with van der Waals surface area (Å²) < 4.78 is 40.0. The number of aromatic nitrogens is 3. The van der Waals surface area contributed by atoms with Gasteiger partial charge in [-0.05, 0) is 88.9 Å². The summed E-state index contributed by atoms with van der Waals surface area (Å²) in [6, 6.07) is 7.05. The molecule has 11 heteroatoms. The van der Waals surface area contributed by atoms with Gasteiger partial charge in [0.25, 0.3) is 10.0 Å². The third-order valence-corrected chi connectivity index (χ3v) is 7.77. The minimum absolute atomic E-state index is 0.0160. The summed E-state index contributed by atoms with van der Waals surface area (Å²) >= 11 is 6.32. The number of aryl methyl sites for hydroxylation is 4. The number of hydrogen-bond acceptors (Lipinski definition) is 7. The molecule has 3 aromatic heterocycles. The van der Waals surface area contributed by atoms with Crippen molar-refractivity contribution in [2.45, 2.75) is 65.5 Å². The topological polar surface area (TPSA) is 108 Å². The normalized spacial score (nSPS) is 12.2. The lowest BCUT2D eigenvalue weighted by Gasteiger charge is -2.26. The van der Waals surface area contributed by atoms with Crippen molar-refractivity contribution in [1.29, 1.82) is 0 Å². The number of anilines is 1. The largest absolute Gasteiger partial charge is 0.467 e. The fourth-order valence-electron chi connectivity index (χ4n) is 4.38. The highest BCUT2D eigenvalue weighted by molar-refractivity contribution is 7.90. The highest BCUT2D eigenvalue weighted by Gasteiger charge is 2.32. The molecule has 0 saturated carbocycles. The van der Waals surface area contributed by atoms with E-state index in [4.69, 9.17) is 20.8 Å². The first-order valence-corrected chi connectivity index (χ1v) is 13.4. The number of ether oxygens (including phenoxy) is 1. The molecule has 0 bridgehead atoms. The Hall–Kier alpha value is -3.37. The SMILES string of the molecule is Cc1cc(C)c(S(=O)(=O)n2cc(C)c3c(N(Cc4ccco4)C(=O)OC(C)(C)C)nc(Cl)nc32)c(C)c1. The summed E-state index contributed by atoms with van der Waals surface area (Å²) in [5, 5.41) is 0.134. The van der Waals surface area contributed by atoms with E-state index in [1.807, 2.05) is 19.1 Å². The fourth-order valence-corrected chi connectivity index (χ4v) is 6.32. The number of benzene rings is 1. The number of amides is 1. The maximum atomic E-state index is 13.9. The second kappa shape index (κ2) is 9.50. The molecular formula is C26H29ClN4O5S. The summed E-state index contributed by atoms with van der Waals surface area (Å²) in [6.07, 6.45) is 2.26. The molecule has 4 rings (SSSR count). The number of fused-ring (bicyclic) bond motifs is 1. The van der Waals surface area contributed by atoms with Crippen LogP contribution in [0.1, 0.15) is 48.8 Å². The van der Waals surface area contributed by atoms with Gasteiger partial charge in [-0.25, -0.2) is 17.2 Å². The van der Waals surface area contributed by atoms with Gasteiger partial charge in [-0.15, -0.1) is 0 Å². The van der Waals surface area contributed by atoms with Gasteiger partial charge in [0.1, 0.15) is 11.4 Å². The quantitative estimate of drug-likeness (QED) is 0.280. The monoisotopic (exact) mass is 544 g/mol. The van der Waals surface area contributed by atoms with Gasteiger partial charge in [0.2, 0.25) is 5.28 Å². The van der Waals surface area contributed by atoms with Crippen molar-refractivity contribution >= 4 is 44.6 Å². The average Bonchev–Trinajstić information content (AvgIpc) is 3.37. The lowest BCUT2D eigenvalue weighted by molar-refractivity contribution is 0.0574. The van der Waals surface area contributed by atoms with Crippen LogP contribution < -0.4 is 4.90 Å². The van der Waals surface area contributed by atoms with E-state index in [-0.39, 0.29) is 28.2 Å². The Morgan fingerprint density at radius 2 is 1.76 bits per heavy atom. The van der Waals surface area contributed by atoms with Crippen molar-refractivity contribution in [2.24, 2.45) is 0 Å². The van der Waals surface area contributed by atoms with Gasteiger partial charge in [0.05, 0.1) is 23.1 Å². The second-order valence-corrected chi connectivity index (χ2v) is 12.1. The number of halogens is 1. The summed E-state index contributed by atoms with van der Waals surface area (Å²) in [6.45, 7) is 12.4. The van der Waals surface area contributed by atoms with E-state index in [0.717, 1.165) is 9.54 Å². The van der Waals surface area contributed by atoms with E-state index >= 15 is 0 Å². The molecule has 0 saturated heterocycles. The van der Waals surface area contributed by atoms with Gasteiger partial charge >= 0.3 is 6.09 Å². The summed E-state index contributed by atoms with van der Waals surface area (Å²) in [5.41, 5.74) is 2.00. The fraction of sp³-hybridized carbons (Fsp3) is 0.346. The summed E-state index contributed by atoms with van der Waals surface area (Å²) in [5.74, 6) is 0.591. The third kappa shape index (κ3) is 5.21. The molecule has 0 radical (unpaired) electrons. The first-order chi connectivity index (χ1) is 17.2. The predicted octanol–water partition coefficient (Wildman–Crippen LogP) is 6.09. The first-order valence-electron chi connectivity index (χ1n) is 11.6. The molecule has 0 unspecified atom stereocenters. The molecule has 0 fully saturated rings. The van der Waals surface area contributed by atoms with E-state index in [1.165, 1.54) is 17.4 Å². The molecule has 196 valence electrons. The van der Waals surface area contributed by atoms with Crippen LogP contribution in [-0.2, 0) is 21.3 Å². The molecule has 4 aromatic rings. The molecule has 0 aliphatic carbocycles. The van der Waals surface area contributed by atoms with Crippen LogP contribution in [0.25, 0.3) is 11.0 Å². The Morgan fingerprint density at radius 1 is 1.11 bits per heavy atom. The van der Waals surface area contributed by atoms with Crippen LogP contribution in [-0.4, -0.2) is 34.1 Å². The Balaban J connectivity index is 1.96. The molecule has 0 aliphatic heterocycles. The zero-order valence-corrected chi connectivity index (χ0v) is 23.4. The molecule has 0 spiro atoms. The van der Waals surface area contributed by atoms with Crippen LogP contribution in [0.4, 0.5) is 10.6 Å². The number of hydrogen-bond donors (Lipinski definition) is 0. The molecule has 9 nitrogen and oxygen atoms in total. The Bertz CT molecular complexity index is 1580. The minimum Gasteiger partial charge on any atom is -0.467 e. The predicted molar refractivity (Wildman–Crippen MR) is 142 cm³/mol. The third-order valence-electron chi connectivity index (χ3n) is 5.64. The van der Waals surface area contributed by atoms with Gasteiger partial charge in [0, 0.05) is 6.20 Å². The number of nitrogens with zero attached hydrogens (tertiary/aromatic N) is 4. The van der Waals surface area contributed by atoms with Gasteiger partial charge in [-0.3, -0.25) is 4.90 Å². The maximum Gasteiger partial charge on any atom is 0.416 e. The van der Waals surface area contributed by atoms with Crippen molar-refractivity contribution in [1.82, 2.24) is 13.9 Å². The van der Waals surface area contributed by atoms with Crippen LogP contribution in [0, 0.1) is 27.7 Å². The highest BCUT2D eigenvalue weighted by Crippen LogP contribution is 2.35. The van der Waals surface area contributed by atoms with Crippen molar-refractivity contribution in [3.63, 3.8) is 0 Å². The zero-order chi connectivity index (χ0) is 27.3. The smallest absolute Gasteiger partial charge is 0.416 e. The number of rotatable bonds is 5. The van der Waals surface area contributed by atoms with Crippen LogP contribution in [0.3, 0.4) is 0 Å². The average molecular weight is 545 g/mol. The molecule has 1 aromatic carbocycles. The Kier molecular flexibility index (Phi) is 6.85. The standard InChI is InChI=1S/C26H29ClN4O5S/c1-15-11-16(2)21(17(3)12-15)37(33,34)31-13-18(4)20-22(28-24(27)29-23(20)31)30(14-19-9-8-10-35-19)25(32)36-26(5,6)7/h8-13H,14H2,1-7H3. The number of carbonyl (C=O) groups excluding carboxylic acids is 1. The van der Waals surface area contributed by atoms with Crippen LogP contribution in [0.5, 0.6) is 0 Å².